The summed E-state index contributed by atoms with van der Waals surface area (Å²) in [4.78, 5) is 17.4. The van der Waals surface area contributed by atoms with Crippen molar-refractivity contribution in [3.8, 4) is 0 Å². The second kappa shape index (κ2) is 6.16. The van der Waals surface area contributed by atoms with Crippen molar-refractivity contribution >= 4 is 16.9 Å². The van der Waals surface area contributed by atoms with Crippen molar-refractivity contribution in [3.63, 3.8) is 0 Å². The number of amides is 1. The van der Waals surface area contributed by atoms with Gasteiger partial charge in [-0.15, -0.1) is 0 Å². The lowest BCUT2D eigenvalue weighted by molar-refractivity contribution is 0.0429. The van der Waals surface area contributed by atoms with E-state index in [4.69, 9.17) is 0 Å². The van der Waals surface area contributed by atoms with Crippen molar-refractivity contribution in [2.45, 2.75) is 53.0 Å². The Morgan fingerprint density at radius 2 is 2.12 bits per heavy atom. The molecule has 0 unspecified atom stereocenters. The predicted octanol–water partition coefficient (Wildman–Crippen LogP) is 2.52. The normalized spacial score (nSPS) is 16.4. The summed E-state index contributed by atoms with van der Waals surface area (Å²) in [6.45, 7) is 8.56. The molecule has 0 aromatic carbocycles. The Bertz CT molecular complexity index is 769. The van der Waals surface area contributed by atoms with E-state index < -0.39 is 0 Å². The Labute approximate surface area is 142 Å². The molecule has 0 aliphatic heterocycles. The van der Waals surface area contributed by atoms with E-state index in [0.29, 0.717) is 12.1 Å². The standard InChI is InChI=1S/C18H26N4O2/c1-11(2)22-16-15(13(4)21-22)14(8-12(3)20-16)17(24)19-9-18(10-23)6-5-7-18/h8,11,23H,5-7,9-10H2,1-4H3,(H,19,24). The van der Waals surface area contributed by atoms with E-state index >= 15 is 0 Å². The fraction of sp³-hybridized carbons (Fsp3) is 0.611. The predicted molar refractivity (Wildman–Crippen MR) is 93.1 cm³/mol. The highest BCUT2D eigenvalue weighted by Gasteiger charge is 2.36. The van der Waals surface area contributed by atoms with Crippen LogP contribution in [0.5, 0.6) is 0 Å². The Balaban J connectivity index is 1.95. The van der Waals surface area contributed by atoms with Crippen molar-refractivity contribution in [3.05, 3.63) is 23.0 Å². The molecule has 1 aliphatic carbocycles. The molecule has 0 atom stereocenters. The molecule has 1 saturated carbocycles. The molecule has 1 fully saturated rings. The Hall–Kier alpha value is -1.95. The van der Waals surface area contributed by atoms with Crippen molar-refractivity contribution in [2.75, 3.05) is 13.2 Å². The van der Waals surface area contributed by atoms with Crippen molar-refractivity contribution < 1.29 is 9.90 Å². The minimum Gasteiger partial charge on any atom is -0.396 e. The SMILES string of the molecule is Cc1cc(C(=O)NCC2(CO)CCC2)c2c(C)nn(C(C)C)c2n1. The van der Waals surface area contributed by atoms with Crippen LogP contribution in [0, 0.1) is 19.3 Å². The van der Waals surface area contributed by atoms with E-state index in [1.165, 1.54) is 0 Å². The second-order valence-corrected chi connectivity index (χ2v) is 7.33. The summed E-state index contributed by atoms with van der Waals surface area (Å²) in [5.74, 6) is -0.114. The molecule has 0 bridgehead atoms. The lowest BCUT2D eigenvalue weighted by atomic mass is 9.69. The van der Waals surface area contributed by atoms with Gasteiger partial charge in [0, 0.05) is 23.7 Å². The Morgan fingerprint density at radius 1 is 1.42 bits per heavy atom. The van der Waals surface area contributed by atoms with Gasteiger partial charge in [0.25, 0.3) is 5.91 Å². The number of fused-ring (bicyclic) bond motifs is 1. The number of hydrogen-bond acceptors (Lipinski definition) is 4. The van der Waals surface area contributed by atoms with E-state index in [1.54, 1.807) is 0 Å². The molecule has 2 heterocycles. The Morgan fingerprint density at radius 3 is 2.67 bits per heavy atom. The lowest BCUT2D eigenvalue weighted by Crippen LogP contribution is -2.44. The van der Waals surface area contributed by atoms with Crippen LogP contribution in [0.25, 0.3) is 11.0 Å². The number of aliphatic hydroxyl groups is 1. The maximum atomic E-state index is 12.8. The zero-order chi connectivity index (χ0) is 17.5. The molecular formula is C18H26N4O2. The molecule has 24 heavy (non-hydrogen) atoms. The smallest absolute Gasteiger partial charge is 0.252 e. The van der Waals surface area contributed by atoms with Crippen LogP contribution in [0.2, 0.25) is 0 Å². The van der Waals surface area contributed by atoms with E-state index in [2.05, 4.69) is 29.2 Å². The van der Waals surface area contributed by atoms with Crippen LogP contribution in [0.3, 0.4) is 0 Å². The largest absolute Gasteiger partial charge is 0.396 e. The van der Waals surface area contributed by atoms with Crippen molar-refractivity contribution in [2.24, 2.45) is 5.41 Å². The van der Waals surface area contributed by atoms with Gasteiger partial charge in [0.05, 0.1) is 23.3 Å². The van der Waals surface area contributed by atoms with Crippen LogP contribution in [-0.2, 0) is 0 Å². The summed E-state index contributed by atoms with van der Waals surface area (Å²) < 4.78 is 1.87. The first-order valence-electron chi connectivity index (χ1n) is 8.62. The number of nitrogens with zero attached hydrogens (tertiary/aromatic N) is 3. The highest BCUT2D eigenvalue weighted by molar-refractivity contribution is 6.06. The minimum absolute atomic E-state index is 0.114. The Kier molecular flexibility index (Phi) is 4.34. The van der Waals surface area contributed by atoms with Gasteiger partial charge in [0.15, 0.2) is 5.65 Å². The molecule has 6 nitrogen and oxygen atoms in total. The van der Waals surface area contributed by atoms with Gasteiger partial charge in [-0.2, -0.15) is 5.10 Å². The van der Waals surface area contributed by atoms with Crippen LogP contribution in [0.4, 0.5) is 0 Å². The number of carbonyl (C=O) groups is 1. The molecule has 130 valence electrons. The summed E-state index contributed by atoms with van der Waals surface area (Å²) in [5, 5.41) is 18.0. The molecule has 1 amide bonds. The van der Waals surface area contributed by atoms with Crippen LogP contribution >= 0.6 is 0 Å². The molecule has 0 saturated heterocycles. The summed E-state index contributed by atoms with van der Waals surface area (Å²) in [6, 6.07) is 2.00. The first kappa shape index (κ1) is 16.9. The number of aliphatic hydroxyl groups excluding tert-OH is 1. The second-order valence-electron chi connectivity index (χ2n) is 7.33. The van der Waals surface area contributed by atoms with E-state index in [1.807, 2.05) is 24.6 Å². The molecule has 0 spiro atoms. The van der Waals surface area contributed by atoms with Crippen LogP contribution in [0.1, 0.15) is 60.9 Å². The molecule has 2 aromatic rings. The molecule has 2 N–H and O–H groups in total. The van der Waals surface area contributed by atoms with Gasteiger partial charge in [0.1, 0.15) is 0 Å². The van der Waals surface area contributed by atoms with E-state index in [0.717, 1.165) is 41.7 Å². The lowest BCUT2D eigenvalue weighted by Gasteiger charge is -2.40. The van der Waals surface area contributed by atoms with Gasteiger partial charge < -0.3 is 10.4 Å². The van der Waals surface area contributed by atoms with Crippen molar-refractivity contribution in [1.82, 2.24) is 20.1 Å². The maximum Gasteiger partial charge on any atom is 0.252 e. The van der Waals surface area contributed by atoms with E-state index in [-0.39, 0.29) is 24.0 Å². The molecule has 0 radical (unpaired) electrons. The van der Waals surface area contributed by atoms with Gasteiger partial charge in [-0.1, -0.05) is 6.42 Å². The summed E-state index contributed by atoms with van der Waals surface area (Å²) in [5.41, 5.74) is 2.86. The van der Waals surface area contributed by atoms with Gasteiger partial charge >= 0.3 is 0 Å². The first-order chi connectivity index (χ1) is 11.4. The van der Waals surface area contributed by atoms with Gasteiger partial charge in [0.2, 0.25) is 0 Å². The number of rotatable bonds is 5. The quantitative estimate of drug-likeness (QED) is 0.883. The third-order valence-electron chi connectivity index (χ3n) is 5.07. The van der Waals surface area contributed by atoms with Gasteiger partial charge in [-0.25, -0.2) is 9.67 Å². The monoisotopic (exact) mass is 330 g/mol. The topological polar surface area (TPSA) is 80.0 Å². The number of aromatic nitrogens is 3. The maximum absolute atomic E-state index is 12.8. The van der Waals surface area contributed by atoms with Crippen LogP contribution in [0.15, 0.2) is 6.07 Å². The average molecular weight is 330 g/mol. The molecule has 1 aliphatic rings. The summed E-state index contributed by atoms with van der Waals surface area (Å²) in [6.07, 6.45) is 3.06. The highest BCUT2D eigenvalue weighted by atomic mass is 16.3. The van der Waals surface area contributed by atoms with Crippen molar-refractivity contribution in [1.29, 1.82) is 0 Å². The van der Waals surface area contributed by atoms with Crippen LogP contribution < -0.4 is 5.32 Å². The third kappa shape index (κ3) is 2.79. The molecule has 2 aromatic heterocycles. The summed E-state index contributed by atoms with van der Waals surface area (Å²) in [7, 11) is 0. The third-order valence-corrected chi connectivity index (χ3v) is 5.07. The average Bonchev–Trinajstić information content (AvgIpc) is 2.82. The molecular weight excluding hydrogens is 304 g/mol. The van der Waals surface area contributed by atoms with Gasteiger partial charge in [-0.3, -0.25) is 4.79 Å². The highest BCUT2D eigenvalue weighted by Crippen LogP contribution is 2.39. The van der Waals surface area contributed by atoms with Gasteiger partial charge in [-0.05, 0) is 46.6 Å². The van der Waals surface area contributed by atoms with Crippen LogP contribution in [-0.4, -0.2) is 38.9 Å². The number of hydrogen-bond donors (Lipinski definition) is 2. The zero-order valence-corrected chi connectivity index (χ0v) is 14.9. The number of pyridine rings is 1. The number of aryl methyl sites for hydroxylation is 2. The first-order valence-corrected chi connectivity index (χ1v) is 8.62. The number of carbonyl (C=O) groups excluding carboxylic acids is 1. The minimum atomic E-state index is -0.131. The molecule has 6 heteroatoms. The number of nitrogens with one attached hydrogen (secondary N) is 1. The fourth-order valence-electron chi connectivity index (χ4n) is 3.41. The summed E-state index contributed by atoms with van der Waals surface area (Å²) >= 11 is 0. The zero-order valence-electron chi connectivity index (χ0n) is 14.9. The molecule has 3 rings (SSSR count). The van der Waals surface area contributed by atoms with E-state index in [9.17, 15) is 9.90 Å². The fourth-order valence-corrected chi connectivity index (χ4v) is 3.41.